The van der Waals surface area contributed by atoms with Gasteiger partial charge in [0.15, 0.2) is 0 Å². The maximum Gasteiger partial charge on any atom is 0.252 e. The molecule has 4 heteroatoms. The summed E-state index contributed by atoms with van der Waals surface area (Å²) in [5, 5.41) is 3.88. The second kappa shape index (κ2) is 7.84. The Labute approximate surface area is 169 Å². The Hall–Kier alpha value is -3.53. The lowest BCUT2D eigenvalue weighted by molar-refractivity contribution is 0.0941. The van der Waals surface area contributed by atoms with Crippen LogP contribution in [0.25, 0.3) is 22.2 Å². The Morgan fingerprint density at radius 3 is 2.41 bits per heavy atom. The second-order valence-electron chi connectivity index (χ2n) is 7.19. The molecule has 144 valence electrons. The van der Waals surface area contributed by atoms with E-state index in [2.05, 4.69) is 5.32 Å². The van der Waals surface area contributed by atoms with Gasteiger partial charge < -0.3 is 5.32 Å². The summed E-state index contributed by atoms with van der Waals surface area (Å²) in [7, 11) is 0. The molecule has 1 unspecified atom stereocenters. The van der Waals surface area contributed by atoms with Gasteiger partial charge in [0, 0.05) is 10.9 Å². The molecule has 3 nitrogen and oxygen atoms in total. The van der Waals surface area contributed by atoms with E-state index in [0.717, 1.165) is 27.6 Å². The molecule has 29 heavy (non-hydrogen) atoms. The standard InChI is InChI=1S/C25H21FN2O/c1-16-8-13-23-21(14-16)22(15-24(28-23)19-9-11-20(26)12-10-19)25(29)27-17(2)18-6-4-3-5-7-18/h3-15,17H,1-2H3,(H,27,29). The molecular weight excluding hydrogens is 363 g/mol. The minimum absolute atomic E-state index is 0.133. The predicted molar refractivity (Wildman–Crippen MR) is 114 cm³/mol. The third-order valence-electron chi connectivity index (χ3n) is 5.00. The molecule has 3 aromatic carbocycles. The van der Waals surface area contributed by atoms with Crippen LogP contribution in [0.4, 0.5) is 4.39 Å². The Balaban J connectivity index is 1.77. The lowest BCUT2D eigenvalue weighted by Crippen LogP contribution is -2.27. The van der Waals surface area contributed by atoms with Gasteiger partial charge >= 0.3 is 0 Å². The molecule has 1 aromatic heterocycles. The van der Waals surface area contributed by atoms with E-state index in [9.17, 15) is 9.18 Å². The summed E-state index contributed by atoms with van der Waals surface area (Å²) in [6.07, 6.45) is 0. The summed E-state index contributed by atoms with van der Waals surface area (Å²) in [6, 6.07) is 23.5. The quantitative estimate of drug-likeness (QED) is 0.480. The van der Waals surface area contributed by atoms with Crippen molar-refractivity contribution < 1.29 is 9.18 Å². The van der Waals surface area contributed by atoms with Gasteiger partial charge in [0.25, 0.3) is 5.91 Å². The minimum Gasteiger partial charge on any atom is -0.345 e. The highest BCUT2D eigenvalue weighted by molar-refractivity contribution is 6.07. The lowest BCUT2D eigenvalue weighted by Gasteiger charge is -2.16. The van der Waals surface area contributed by atoms with Crippen LogP contribution < -0.4 is 5.32 Å². The van der Waals surface area contributed by atoms with E-state index in [1.165, 1.54) is 12.1 Å². The fourth-order valence-corrected chi connectivity index (χ4v) is 3.40. The van der Waals surface area contributed by atoms with E-state index in [4.69, 9.17) is 4.98 Å². The minimum atomic E-state index is -0.306. The molecular formula is C25H21FN2O. The number of fused-ring (bicyclic) bond motifs is 1. The monoisotopic (exact) mass is 384 g/mol. The van der Waals surface area contributed by atoms with Crippen LogP contribution in [0, 0.1) is 12.7 Å². The van der Waals surface area contributed by atoms with E-state index in [1.54, 1.807) is 18.2 Å². The summed E-state index contributed by atoms with van der Waals surface area (Å²) >= 11 is 0. The molecule has 1 heterocycles. The highest BCUT2D eigenvalue weighted by Gasteiger charge is 2.17. The van der Waals surface area contributed by atoms with Crippen molar-refractivity contribution in [1.29, 1.82) is 0 Å². The van der Waals surface area contributed by atoms with Gasteiger partial charge in [-0.3, -0.25) is 4.79 Å². The van der Waals surface area contributed by atoms with Crippen molar-refractivity contribution in [1.82, 2.24) is 10.3 Å². The fourth-order valence-electron chi connectivity index (χ4n) is 3.40. The predicted octanol–water partition coefficient (Wildman–Crippen LogP) is 5.84. The molecule has 1 atom stereocenters. The van der Waals surface area contributed by atoms with Gasteiger partial charge in [-0.25, -0.2) is 9.37 Å². The Morgan fingerprint density at radius 2 is 1.69 bits per heavy atom. The molecule has 0 bridgehead atoms. The average molecular weight is 384 g/mol. The third kappa shape index (κ3) is 4.02. The molecule has 0 aliphatic heterocycles. The van der Waals surface area contributed by atoms with Gasteiger partial charge in [-0.1, -0.05) is 42.0 Å². The number of aryl methyl sites for hydroxylation is 1. The second-order valence-corrected chi connectivity index (χ2v) is 7.19. The molecule has 4 rings (SSSR count). The molecule has 0 fully saturated rings. The largest absolute Gasteiger partial charge is 0.345 e. The van der Waals surface area contributed by atoms with E-state index < -0.39 is 0 Å². The van der Waals surface area contributed by atoms with Gasteiger partial charge in [-0.15, -0.1) is 0 Å². The number of halogens is 1. The molecule has 0 aliphatic carbocycles. The molecule has 0 radical (unpaired) electrons. The van der Waals surface area contributed by atoms with Crippen LogP contribution >= 0.6 is 0 Å². The molecule has 1 N–H and O–H groups in total. The van der Waals surface area contributed by atoms with Crippen LogP contribution in [-0.4, -0.2) is 10.9 Å². The fraction of sp³-hybridized carbons (Fsp3) is 0.120. The highest BCUT2D eigenvalue weighted by atomic mass is 19.1. The number of hydrogen-bond acceptors (Lipinski definition) is 2. The summed E-state index contributed by atoms with van der Waals surface area (Å²) in [6.45, 7) is 3.95. The van der Waals surface area contributed by atoms with Gasteiger partial charge in [-0.05, 0) is 61.9 Å². The first kappa shape index (κ1) is 18.8. The van der Waals surface area contributed by atoms with Crippen molar-refractivity contribution in [2.75, 3.05) is 0 Å². The zero-order chi connectivity index (χ0) is 20.4. The van der Waals surface area contributed by atoms with Crippen LogP contribution in [0.2, 0.25) is 0 Å². The number of benzene rings is 3. The number of aromatic nitrogens is 1. The average Bonchev–Trinajstić information content (AvgIpc) is 2.74. The zero-order valence-corrected chi connectivity index (χ0v) is 16.3. The summed E-state index contributed by atoms with van der Waals surface area (Å²) < 4.78 is 13.3. The third-order valence-corrected chi connectivity index (χ3v) is 5.00. The van der Waals surface area contributed by atoms with Crippen molar-refractivity contribution >= 4 is 16.8 Å². The number of amides is 1. The van der Waals surface area contributed by atoms with Crippen LogP contribution in [0.15, 0.2) is 78.9 Å². The summed E-state index contributed by atoms with van der Waals surface area (Å²) in [4.78, 5) is 17.9. The van der Waals surface area contributed by atoms with Crippen LogP contribution in [0.5, 0.6) is 0 Å². The van der Waals surface area contributed by atoms with Crippen molar-refractivity contribution in [3.05, 3.63) is 101 Å². The van der Waals surface area contributed by atoms with Crippen molar-refractivity contribution in [2.45, 2.75) is 19.9 Å². The molecule has 0 spiro atoms. The van der Waals surface area contributed by atoms with E-state index in [0.29, 0.717) is 11.3 Å². The number of nitrogens with zero attached hydrogens (tertiary/aromatic N) is 1. The normalized spacial score (nSPS) is 12.0. The van der Waals surface area contributed by atoms with Crippen molar-refractivity contribution in [3.8, 4) is 11.3 Å². The smallest absolute Gasteiger partial charge is 0.252 e. The van der Waals surface area contributed by atoms with Crippen LogP contribution in [-0.2, 0) is 0 Å². The number of carbonyl (C=O) groups excluding carboxylic acids is 1. The number of pyridine rings is 1. The number of rotatable bonds is 4. The van der Waals surface area contributed by atoms with Crippen molar-refractivity contribution in [2.24, 2.45) is 0 Å². The number of carbonyl (C=O) groups is 1. The maximum atomic E-state index is 13.3. The molecule has 0 saturated carbocycles. The highest BCUT2D eigenvalue weighted by Crippen LogP contribution is 2.26. The Kier molecular flexibility index (Phi) is 5.09. The van der Waals surface area contributed by atoms with E-state index in [-0.39, 0.29) is 17.8 Å². The zero-order valence-electron chi connectivity index (χ0n) is 16.3. The maximum absolute atomic E-state index is 13.3. The molecule has 0 aliphatic rings. The van der Waals surface area contributed by atoms with Gasteiger partial charge in [0.05, 0.1) is 22.8 Å². The molecule has 4 aromatic rings. The summed E-state index contributed by atoms with van der Waals surface area (Å²) in [5.41, 5.74) is 4.78. The Bertz CT molecular complexity index is 1170. The topological polar surface area (TPSA) is 42.0 Å². The lowest BCUT2D eigenvalue weighted by atomic mass is 10.0. The summed E-state index contributed by atoms with van der Waals surface area (Å²) in [5.74, 6) is -0.470. The van der Waals surface area contributed by atoms with E-state index in [1.807, 2.05) is 62.4 Å². The van der Waals surface area contributed by atoms with E-state index >= 15 is 0 Å². The molecule has 0 saturated heterocycles. The first-order valence-corrected chi connectivity index (χ1v) is 9.54. The first-order chi connectivity index (χ1) is 14.0. The van der Waals surface area contributed by atoms with Gasteiger partial charge in [-0.2, -0.15) is 0 Å². The van der Waals surface area contributed by atoms with Gasteiger partial charge in [0.1, 0.15) is 5.82 Å². The molecule has 1 amide bonds. The number of nitrogens with one attached hydrogen (secondary N) is 1. The Morgan fingerprint density at radius 1 is 0.966 bits per heavy atom. The van der Waals surface area contributed by atoms with Crippen LogP contribution in [0.1, 0.15) is 34.5 Å². The number of hydrogen-bond donors (Lipinski definition) is 1. The first-order valence-electron chi connectivity index (χ1n) is 9.54. The SMILES string of the molecule is Cc1ccc2nc(-c3ccc(F)cc3)cc(C(=O)NC(C)c3ccccc3)c2c1. The van der Waals surface area contributed by atoms with Crippen molar-refractivity contribution in [3.63, 3.8) is 0 Å². The van der Waals surface area contributed by atoms with Crippen LogP contribution in [0.3, 0.4) is 0 Å². The van der Waals surface area contributed by atoms with Gasteiger partial charge in [0.2, 0.25) is 0 Å².